The van der Waals surface area contributed by atoms with Crippen LogP contribution in [-0.2, 0) is 4.74 Å². The molecule has 1 aliphatic heterocycles. The first-order valence-corrected chi connectivity index (χ1v) is 10.0. The smallest absolute Gasteiger partial charge is 0.335 e. The summed E-state index contributed by atoms with van der Waals surface area (Å²) in [6, 6.07) is 9.28. The molecule has 1 saturated carbocycles. The van der Waals surface area contributed by atoms with E-state index in [0.717, 1.165) is 37.0 Å². The highest BCUT2D eigenvalue weighted by molar-refractivity contribution is 5.74. The number of rotatable bonds is 5. The normalized spacial score (nSPS) is 22.6. The molecule has 30 heavy (non-hydrogen) atoms. The monoisotopic (exact) mass is 406 g/mol. The Morgan fingerprint density at radius 1 is 1.07 bits per heavy atom. The number of fused-ring (bicyclic) bond motifs is 1. The lowest BCUT2D eigenvalue weighted by molar-refractivity contribution is 0.0850. The van der Waals surface area contributed by atoms with Crippen molar-refractivity contribution in [2.45, 2.75) is 31.5 Å². The third-order valence-corrected chi connectivity index (χ3v) is 5.77. The number of pyridine rings is 1. The number of aromatic hydroxyl groups is 1. The van der Waals surface area contributed by atoms with Crippen molar-refractivity contribution in [3.63, 3.8) is 0 Å². The van der Waals surface area contributed by atoms with Gasteiger partial charge in [-0.15, -0.1) is 5.10 Å². The van der Waals surface area contributed by atoms with Gasteiger partial charge in [0.15, 0.2) is 0 Å². The van der Waals surface area contributed by atoms with Crippen LogP contribution in [0.4, 0.5) is 0 Å². The minimum Gasteiger partial charge on any atom is -0.507 e. The maximum atomic E-state index is 10.5. The van der Waals surface area contributed by atoms with Gasteiger partial charge in [0, 0.05) is 30.9 Å². The first-order valence-electron chi connectivity index (χ1n) is 10.0. The Labute approximate surface area is 173 Å². The molecular weight excluding hydrogens is 384 g/mol. The van der Waals surface area contributed by atoms with E-state index in [-0.39, 0.29) is 17.9 Å². The van der Waals surface area contributed by atoms with Crippen molar-refractivity contribution < 1.29 is 19.3 Å². The summed E-state index contributed by atoms with van der Waals surface area (Å²) in [7, 11) is 1.57. The largest absolute Gasteiger partial charge is 0.507 e. The van der Waals surface area contributed by atoms with Gasteiger partial charge in [0.25, 0.3) is 0 Å². The zero-order valence-corrected chi connectivity index (χ0v) is 16.6. The van der Waals surface area contributed by atoms with Crippen LogP contribution >= 0.6 is 0 Å². The first-order chi connectivity index (χ1) is 14.7. The molecule has 8 nitrogen and oxygen atoms in total. The van der Waals surface area contributed by atoms with Crippen LogP contribution in [0.5, 0.6) is 17.6 Å². The van der Waals surface area contributed by atoms with E-state index in [2.05, 4.69) is 20.2 Å². The minimum atomic E-state index is 0.0676. The van der Waals surface area contributed by atoms with Gasteiger partial charge in [-0.25, -0.2) is 9.97 Å². The quantitative estimate of drug-likeness (QED) is 0.689. The van der Waals surface area contributed by atoms with E-state index in [4.69, 9.17) is 14.2 Å². The van der Waals surface area contributed by atoms with E-state index < -0.39 is 0 Å². The zero-order chi connectivity index (χ0) is 20.5. The second kappa shape index (κ2) is 7.87. The number of hydrogen-bond acceptors (Lipinski definition) is 8. The number of aromatic nitrogens is 4. The second-order valence-corrected chi connectivity index (χ2v) is 7.61. The SMILES string of the molecule is COc1cc(-c2ccc(-c3cnc(O[C@H]4C[C@@H]5CCO[C@@H]5C4)nn3)c(O)c2)ccn1. The Hall–Kier alpha value is -3.26. The maximum absolute atomic E-state index is 10.5. The van der Waals surface area contributed by atoms with E-state index in [1.54, 1.807) is 31.6 Å². The number of hydrogen-bond donors (Lipinski definition) is 1. The van der Waals surface area contributed by atoms with Crippen LogP contribution < -0.4 is 9.47 Å². The summed E-state index contributed by atoms with van der Waals surface area (Å²) in [5, 5.41) is 18.8. The predicted molar refractivity (Wildman–Crippen MR) is 108 cm³/mol. The molecule has 2 aliphatic rings. The van der Waals surface area contributed by atoms with Gasteiger partial charge in [0.1, 0.15) is 17.5 Å². The van der Waals surface area contributed by atoms with E-state index in [1.165, 1.54) is 0 Å². The van der Waals surface area contributed by atoms with Crippen molar-refractivity contribution in [2.75, 3.05) is 13.7 Å². The van der Waals surface area contributed by atoms with Crippen molar-refractivity contribution in [2.24, 2.45) is 5.92 Å². The number of ether oxygens (including phenoxy) is 3. The summed E-state index contributed by atoms with van der Waals surface area (Å²) < 4.78 is 16.8. The fourth-order valence-corrected chi connectivity index (χ4v) is 4.23. The molecule has 8 heteroatoms. The van der Waals surface area contributed by atoms with Gasteiger partial charge in [-0.2, -0.15) is 0 Å². The first kappa shape index (κ1) is 18.7. The molecule has 2 fully saturated rings. The van der Waals surface area contributed by atoms with Crippen LogP contribution in [0.3, 0.4) is 0 Å². The highest BCUT2D eigenvalue weighted by Crippen LogP contribution is 2.37. The lowest BCUT2D eigenvalue weighted by Crippen LogP contribution is -2.16. The molecule has 5 rings (SSSR count). The highest BCUT2D eigenvalue weighted by atomic mass is 16.5. The van der Waals surface area contributed by atoms with Crippen LogP contribution in [0.25, 0.3) is 22.4 Å². The average molecular weight is 406 g/mol. The molecule has 0 unspecified atom stereocenters. The molecule has 0 amide bonds. The second-order valence-electron chi connectivity index (χ2n) is 7.61. The standard InChI is InChI=1S/C22H22N4O4/c1-28-21-10-14(4-6-23-21)13-2-3-17(19(27)9-13)18-12-24-22(26-25-18)30-16-8-15-5-7-29-20(15)11-16/h2-4,6,9-10,12,15-16,20,27H,5,7-8,11H2,1H3/t15-,16-,20+/m0/s1. The molecule has 3 atom stereocenters. The highest BCUT2D eigenvalue weighted by Gasteiger charge is 2.39. The van der Waals surface area contributed by atoms with Crippen LogP contribution in [0.1, 0.15) is 19.3 Å². The molecular formula is C22H22N4O4. The molecule has 3 aromatic rings. The molecule has 1 saturated heterocycles. The average Bonchev–Trinajstić information content (AvgIpc) is 3.36. The summed E-state index contributed by atoms with van der Waals surface area (Å²) in [5.74, 6) is 1.19. The molecule has 3 heterocycles. The fourth-order valence-electron chi connectivity index (χ4n) is 4.23. The molecule has 0 radical (unpaired) electrons. The lowest BCUT2D eigenvalue weighted by atomic mass is 10.0. The lowest BCUT2D eigenvalue weighted by Gasteiger charge is -2.12. The number of benzene rings is 1. The van der Waals surface area contributed by atoms with Crippen LogP contribution in [0.2, 0.25) is 0 Å². The fraction of sp³-hybridized carbons (Fsp3) is 0.364. The van der Waals surface area contributed by atoms with E-state index >= 15 is 0 Å². The van der Waals surface area contributed by atoms with Crippen molar-refractivity contribution in [3.05, 3.63) is 42.7 Å². The number of phenols is 1. The summed E-state index contributed by atoms with van der Waals surface area (Å²) in [4.78, 5) is 8.39. The maximum Gasteiger partial charge on any atom is 0.335 e. The van der Waals surface area contributed by atoms with Gasteiger partial charge < -0.3 is 19.3 Å². The van der Waals surface area contributed by atoms with Gasteiger partial charge in [0.2, 0.25) is 5.88 Å². The van der Waals surface area contributed by atoms with E-state index in [9.17, 15) is 5.11 Å². The summed E-state index contributed by atoms with van der Waals surface area (Å²) in [5.41, 5.74) is 2.76. The Morgan fingerprint density at radius 3 is 2.73 bits per heavy atom. The van der Waals surface area contributed by atoms with Crippen molar-refractivity contribution in [1.82, 2.24) is 20.2 Å². The number of nitrogens with zero attached hydrogens (tertiary/aromatic N) is 4. The van der Waals surface area contributed by atoms with Crippen molar-refractivity contribution in [3.8, 4) is 40.0 Å². The van der Waals surface area contributed by atoms with Gasteiger partial charge in [0.05, 0.1) is 19.4 Å². The zero-order valence-electron chi connectivity index (χ0n) is 16.6. The predicted octanol–water partition coefficient (Wildman–Crippen LogP) is 3.26. The Bertz CT molecular complexity index is 1030. The molecule has 1 aliphatic carbocycles. The van der Waals surface area contributed by atoms with Gasteiger partial charge in [-0.05, 0) is 48.1 Å². The third-order valence-electron chi connectivity index (χ3n) is 5.77. The third kappa shape index (κ3) is 3.66. The van der Waals surface area contributed by atoms with Gasteiger partial charge >= 0.3 is 6.01 Å². The number of phenolic OH excluding ortho intramolecular Hbond substituents is 1. The molecule has 0 bridgehead atoms. The Morgan fingerprint density at radius 2 is 1.97 bits per heavy atom. The van der Waals surface area contributed by atoms with Gasteiger partial charge in [-0.3, -0.25) is 0 Å². The summed E-state index contributed by atoms with van der Waals surface area (Å²) in [6.45, 7) is 0.853. The van der Waals surface area contributed by atoms with Crippen LogP contribution in [0.15, 0.2) is 42.7 Å². The molecule has 1 N–H and O–H groups in total. The topological polar surface area (TPSA) is 99.5 Å². The van der Waals surface area contributed by atoms with E-state index in [0.29, 0.717) is 29.2 Å². The summed E-state index contributed by atoms with van der Waals surface area (Å²) >= 11 is 0. The molecule has 0 spiro atoms. The molecule has 1 aromatic carbocycles. The van der Waals surface area contributed by atoms with E-state index in [1.807, 2.05) is 18.2 Å². The van der Waals surface area contributed by atoms with Crippen molar-refractivity contribution in [1.29, 1.82) is 0 Å². The van der Waals surface area contributed by atoms with Crippen LogP contribution in [0, 0.1) is 5.92 Å². The Balaban J connectivity index is 1.30. The van der Waals surface area contributed by atoms with Crippen molar-refractivity contribution >= 4 is 0 Å². The van der Waals surface area contributed by atoms with Crippen LogP contribution in [-0.4, -0.2) is 51.2 Å². The minimum absolute atomic E-state index is 0.0676. The Kier molecular flexibility index (Phi) is 4.92. The number of methoxy groups -OCH3 is 1. The molecule has 154 valence electrons. The molecule has 2 aromatic heterocycles. The summed E-state index contributed by atoms with van der Waals surface area (Å²) in [6.07, 6.45) is 6.55. The van der Waals surface area contributed by atoms with Gasteiger partial charge in [-0.1, -0.05) is 11.2 Å².